The predicted octanol–water partition coefficient (Wildman–Crippen LogP) is 3.60. The van der Waals surface area contributed by atoms with Crippen molar-refractivity contribution in [1.29, 1.82) is 0 Å². The molecule has 2 aromatic carbocycles. The molecule has 134 valence electrons. The van der Waals surface area contributed by atoms with Crippen LogP contribution < -0.4 is 18.9 Å². The van der Waals surface area contributed by atoms with Crippen molar-refractivity contribution in [3.8, 4) is 23.0 Å². The number of rotatable bonds is 8. The van der Waals surface area contributed by atoms with E-state index >= 15 is 0 Å². The molecule has 0 fully saturated rings. The molecule has 0 unspecified atom stereocenters. The maximum atomic E-state index is 11.8. The molecule has 0 saturated heterocycles. The van der Waals surface area contributed by atoms with Gasteiger partial charge >= 0.3 is 5.97 Å². The highest BCUT2D eigenvalue weighted by atomic mass is 79.9. The van der Waals surface area contributed by atoms with Gasteiger partial charge in [0, 0.05) is 4.47 Å². The van der Waals surface area contributed by atoms with Crippen LogP contribution in [0.25, 0.3) is 0 Å². The fourth-order valence-corrected chi connectivity index (χ4v) is 2.36. The molecule has 0 atom stereocenters. The SMILES string of the molecule is COc1cc(COC(=O)COc2ccc(Br)cc2)cc(OC)c1OC. The quantitative estimate of drug-likeness (QED) is 0.619. The molecule has 0 spiro atoms. The van der Waals surface area contributed by atoms with E-state index in [0.717, 1.165) is 4.47 Å². The molecule has 7 heteroatoms. The van der Waals surface area contributed by atoms with Crippen LogP contribution in [0.1, 0.15) is 5.56 Å². The van der Waals surface area contributed by atoms with E-state index in [4.69, 9.17) is 23.7 Å². The fourth-order valence-electron chi connectivity index (χ4n) is 2.10. The van der Waals surface area contributed by atoms with Crippen LogP contribution in [0.4, 0.5) is 0 Å². The molecule has 0 aromatic heterocycles. The number of ether oxygens (including phenoxy) is 5. The van der Waals surface area contributed by atoms with E-state index in [1.807, 2.05) is 12.1 Å². The molecule has 25 heavy (non-hydrogen) atoms. The van der Waals surface area contributed by atoms with Gasteiger partial charge in [-0.15, -0.1) is 0 Å². The Balaban J connectivity index is 1.93. The van der Waals surface area contributed by atoms with Gasteiger partial charge in [0.1, 0.15) is 12.4 Å². The Labute approximate surface area is 154 Å². The fraction of sp³-hybridized carbons (Fsp3) is 0.278. The Morgan fingerprint density at radius 3 is 2.08 bits per heavy atom. The van der Waals surface area contributed by atoms with Gasteiger partial charge in [-0.3, -0.25) is 0 Å². The summed E-state index contributed by atoms with van der Waals surface area (Å²) in [6.45, 7) is -0.106. The molecule has 0 amide bonds. The zero-order valence-corrected chi connectivity index (χ0v) is 15.8. The summed E-state index contributed by atoms with van der Waals surface area (Å²) in [5.74, 6) is 1.60. The van der Waals surface area contributed by atoms with Crippen LogP contribution in [0.2, 0.25) is 0 Å². The lowest BCUT2D eigenvalue weighted by Crippen LogP contribution is -2.14. The van der Waals surface area contributed by atoms with Gasteiger partial charge in [0.25, 0.3) is 0 Å². The summed E-state index contributed by atoms with van der Waals surface area (Å²) in [7, 11) is 4.58. The molecular weight excluding hydrogens is 392 g/mol. The molecule has 0 aliphatic rings. The molecule has 0 heterocycles. The third kappa shape index (κ3) is 5.29. The second kappa shape index (κ2) is 9.17. The van der Waals surface area contributed by atoms with Gasteiger partial charge in [-0.2, -0.15) is 0 Å². The highest BCUT2D eigenvalue weighted by Gasteiger charge is 2.14. The highest BCUT2D eigenvalue weighted by Crippen LogP contribution is 2.38. The first kappa shape index (κ1) is 18.9. The summed E-state index contributed by atoms with van der Waals surface area (Å²) in [6.07, 6.45) is 0. The monoisotopic (exact) mass is 410 g/mol. The van der Waals surface area contributed by atoms with Crippen molar-refractivity contribution in [2.75, 3.05) is 27.9 Å². The minimum absolute atomic E-state index is 0.0687. The van der Waals surface area contributed by atoms with E-state index in [1.54, 1.807) is 24.3 Å². The number of benzene rings is 2. The minimum atomic E-state index is -0.475. The maximum absolute atomic E-state index is 11.8. The molecule has 0 radical (unpaired) electrons. The van der Waals surface area contributed by atoms with Gasteiger partial charge in [-0.05, 0) is 42.0 Å². The summed E-state index contributed by atoms with van der Waals surface area (Å²) in [5.41, 5.74) is 0.714. The van der Waals surface area contributed by atoms with E-state index in [-0.39, 0.29) is 13.2 Å². The summed E-state index contributed by atoms with van der Waals surface area (Å²) in [4.78, 5) is 11.8. The number of methoxy groups -OCH3 is 3. The molecule has 0 saturated carbocycles. The molecule has 0 bridgehead atoms. The Hall–Kier alpha value is -2.41. The van der Waals surface area contributed by atoms with E-state index in [2.05, 4.69) is 15.9 Å². The van der Waals surface area contributed by atoms with Gasteiger partial charge in [-0.1, -0.05) is 15.9 Å². The summed E-state index contributed by atoms with van der Waals surface area (Å²) < 4.78 is 27.3. The van der Waals surface area contributed by atoms with Gasteiger partial charge in [0.05, 0.1) is 21.3 Å². The van der Waals surface area contributed by atoms with Crippen molar-refractivity contribution in [2.45, 2.75) is 6.61 Å². The lowest BCUT2D eigenvalue weighted by molar-refractivity contribution is -0.147. The van der Waals surface area contributed by atoms with E-state index in [1.165, 1.54) is 21.3 Å². The van der Waals surface area contributed by atoms with E-state index in [9.17, 15) is 4.79 Å². The molecule has 0 aliphatic carbocycles. The Morgan fingerprint density at radius 2 is 1.56 bits per heavy atom. The summed E-state index contributed by atoms with van der Waals surface area (Å²) in [5, 5.41) is 0. The lowest BCUT2D eigenvalue weighted by atomic mass is 10.2. The zero-order chi connectivity index (χ0) is 18.2. The number of carbonyl (C=O) groups is 1. The van der Waals surface area contributed by atoms with Crippen LogP contribution in [0, 0.1) is 0 Å². The first-order chi connectivity index (χ1) is 12.1. The van der Waals surface area contributed by atoms with Gasteiger partial charge in [0.15, 0.2) is 18.1 Å². The van der Waals surface area contributed by atoms with E-state index in [0.29, 0.717) is 28.6 Å². The van der Waals surface area contributed by atoms with Crippen molar-refractivity contribution < 1.29 is 28.5 Å². The van der Waals surface area contributed by atoms with Crippen LogP contribution in [-0.2, 0) is 16.1 Å². The van der Waals surface area contributed by atoms with Crippen LogP contribution in [-0.4, -0.2) is 33.9 Å². The zero-order valence-electron chi connectivity index (χ0n) is 14.2. The molecular formula is C18H19BrO6. The van der Waals surface area contributed by atoms with Crippen molar-refractivity contribution in [2.24, 2.45) is 0 Å². The maximum Gasteiger partial charge on any atom is 0.344 e. The van der Waals surface area contributed by atoms with E-state index < -0.39 is 5.97 Å². The smallest absolute Gasteiger partial charge is 0.344 e. The molecule has 0 aliphatic heterocycles. The van der Waals surface area contributed by atoms with Crippen molar-refractivity contribution in [3.63, 3.8) is 0 Å². The van der Waals surface area contributed by atoms with Crippen LogP contribution in [0.15, 0.2) is 40.9 Å². The molecule has 2 rings (SSSR count). The third-order valence-corrected chi connectivity index (χ3v) is 3.82. The molecule has 6 nitrogen and oxygen atoms in total. The average Bonchev–Trinajstić information content (AvgIpc) is 2.64. The second-order valence-electron chi connectivity index (χ2n) is 4.94. The second-order valence-corrected chi connectivity index (χ2v) is 5.85. The normalized spacial score (nSPS) is 10.1. The van der Waals surface area contributed by atoms with Gasteiger partial charge < -0.3 is 23.7 Å². The first-order valence-corrected chi connectivity index (χ1v) is 8.19. The Morgan fingerprint density at radius 1 is 0.960 bits per heavy atom. The number of halogens is 1. The van der Waals surface area contributed by atoms with Gasteiger partial charge in [0.2, 0.25) is 5.75 Å². The minimum Gasteiger partial charge on any atom is -0.493 e. The van der Waals surface area contributed by atoms with Crippen molar-refractivity contribution in [1.82, 2.24) is 0 Å². The third-order valence-electron chi connectivity index (χ3n) is 3.29. The summed E-state index contributed by atoms with van der Waals surface area (Å²) in [6, 6.07) is 10.6. The van der Waals surface area contributed by atoms with Crippen LogP contribution in [0.5, 0.6) is 23.0 Å². The molecule has 2 aromatic rings. The van der Waals surface area contributed by atoms with Crippen molar-refractivity contribution >= 4 is 21.9 Å². The number of esters is 1. The summed E-state index contributed by atoms with van der Waals surface area (Å²) >= 11 is 3.33. The lowest BCUT2D eigenvalue weighted by Gasteiger charge is -2.14. The highest BCUT2D eigenvalue weighted by molar-refractivity contribution is 9.10. The van der Waals surface area contributed by atoms with Crippen LogP contribution in [0.3, 0.4) is 0 Å². The predicted molar refractivity (Wildman–Crippen MR) is 95.5 cm³/mol. The number of hydrogen-bond acceptors (Lipinski definition) is 6. The van der Waals surface area contributed by atoms with Gasteiger partial charge in [-0.25, -0.2) is 4.79 Å². The Bertz CT molecular complexity index is 689. The number of hydrogen-bond donors (Lipinski definition) is 0. The van der Waals surface area contributed by atoms with Crippen LogP contribution >= 0.6 is 15.9 Å². The average molecular weight is 411 g/mol. The molecule has 0 N–H and O–H groups in total. The van der Waals surface area contributed by atoms with Crippen molar-refractivity contribution in [3.05, 3.63) is 46.4 Å². The largest absolute Gasteiger partial charge is 0.493 e. The standard InChI is InChI=1S/C18H19BrO6/c1-21-15-8-12(9-16(22-2)18(15)23-3)10-25-17(20)11-24-14-6-4-13(19)5-7-14/h4-9H,10-11H2,1-3H3. The topological polar surface area (TPSA) is 63.2 Å². The number of carbonyl (C=O) groups excluding carboxylic acids is 1. The first-order valence-electron chi connectivity index (χ1n) is 7.40. The Kier molecular flexibility index (Phi) is 6.94.